The minimum absolute atomic E-state index is 0.0351. The van der Waals surface area contributed by atoms with E-state index in [0.717, 1.165) is 12.8 Å². The van der Waals surface area contributed by atoms with Gasteiger partial charge in [0.15, 0.2) is 0 Å². The minimum Gasteiger partial charge on any atom is -0.377 e. The quantitative estimate of drug-likeness (QED) is 0.924. The lowest BCUT2D eigenvalue weighted by atomic mass is 10.1. The summed E-state index contributed by atoms with van der Waals surface area (Å²) in [5.41, 5.74) is 0. The molecule has 0 spiro atoms. The number of rotatable bonds is 4. The lowest BCUT2D eigenvalue weighted by Crippen LogP contribution is -2.40. The third kappa shape index (κ3) is 3.23. The van der Waals surface area contributed by atoms with Gasteiger partial charge in [-0.2, -0.15) is 0 Å². The molecule has 0 radical (unpaired) electrons. The highest BCUT2D eigenvalue weighted by molar-refractivity contribution is 7.89. The standard InChI is InChI=1S/C12H16ClNO3S/c1-9(12-3-2-8-17-12)14-18(15,16)11-6-4-10(13)5-7-11/h4-7,9,12,14H,2-3,8H2,1H3/t9-,12+/m0/s1. The second-order valence-corrected chi connectivity index (χ2v) is 6.57. The van der Waals surface area contributed by atoms with E-state index in [9.17, 15) is 8.42 Å². The maximum atomic E-state index is 12.1. The van der Waals surface area contributed by atoms with Gasteiger partial charge >= 0.3 is 0 Å². The zero-order valence-electron chi connectivity index (χ0n) is 10.1. The van der Waals surface area contributed by atoms with Gasteiger partial charge in [-0.3, -0.25) is 0 Å². The van der Waals surface area contributed by atoms with Gasteiger partial charge in [-0.05, 0) is 44.0 Å². The Labute approximate surface area is 112 Å². The number of benzene rings is 1. The number of hydrogen-bond donors (Lipinski definition) is 1. The Hall–Kier alpha value is -0.620. The first-order valence-electron chi connectivity index (χ1n) is 5.88. The molecule has 0 saturated carbocycles. The fraction of sp³-hybridized carbons (Fsp3) is 0.500. The Morgan fingerprint density at radius 2 is 2.06 bits per heavy atom. The van der Waals surface area contributed by atoms with Crippen LogP contribution in [0.3, 0.4) is 0 Å². The molecule has 100 valence electrons. The van der Waals surface area contributed by atoms with E-state index in [0.29, 0.717) is 11.6 Å². The Morgan fingerprint density at radius 3 is 2.61 bits per heavy atom. The molecular formula is C12H16ClNO3S. The molecule has 2 rings (SSSR count). The van der Waals surface area contributed by atoms with Crippen molar-refractivity contribution in [3.05, 3.63) is 29.3 Å². The fourth-order valence-corrected chi connectivity index (χ4v) is 3.40. The number of sulfonamides is 1. The largest absolute Gasteiger partial charge is 0.377 e. The van der Waals surface area contributed by atoms with Gasteiger partial charge in [0.1, 0.15) is 0 Å². The second-order valence-electron chi connectivity index (χ2n) is 4.42. The van der Waals surface area contributed by atoms with Gasteiger partial charge in [0.2, 0.25) is 10.0 Å². The Bertz CT molecular complexity index is 495. The molecule has 1 aliphatic heterocycles. The second kappa shape index (κ2) is 5.57. The molecule has 0 unspecified atom stereocenters. The normalized spacial score (nSPS) is 22.0. The van der Waals surface area contributed by atoms with Crippen molar-refractivity contribution in [3.8, 4) is 0 Å². The summed E-state index contributed by atoms with van der Waals surface area (Å²) in [7, 11) is -3.50. The molecule has 6 heteroatoms. The predicted molar refractivity (Wildman–Crippen MR) is 70.2 cm³/mol. The van der Waals surface area contributed by atoms with Crippen molar-refractivity contribution >= 4 is 21.6 Å². The number of nitrogens with one attached hydrogen (secondary N) is 1. The van der Waals surface area contributed by atoms with Crippen LogP contribution < -0.4 is 4.72 Å². The molecule has 0 aliphatic carbocycles. The Balaban J connectivity index is 2.09. The highest BCUT2D eigenvalue weighted by atomic mass is 35.5. The van der Waals surface area contributed by atoms with Gasteiger partial charge < -0.3 is 4.74 Å². The van der Waals surface area contributed by atoms with Crippen LogP contribution in [-0.4, -0.2) is 27.2 Å². The molecule has 1 heterocycles. The molecule has 1 N–H and O–H groups in total. The summed E-state index contributed by atoms with van der Waals surface area (Å²) in [6.07, 6.45) is 1.84. The van der Waals surface area contributed by atoms with Crippen LogP contribution in [0.15, 0.2) is 29.2 Å². The van der Waals surface area contributed by atoms with Crippen LogP contribution in [0.2, 0.25) is 5.02 Å². The monoisotopic (exact) mass is 289 g/mol. The summed E-state index contributed by atoms with van der Waals surface area (Å²) in [5, 5.41) is 0.515. The number of ether oxygens (including phenoxy) is 1. The molecule has 1 aromatic rings. The maximum absolute atomic E-state index is 12.1. The van der Waals surface area contributed by atoms with Crippen LogP contribution in [0.1, 0.15) is 19.8 Å². The highest BCUT2D eigenvalue weighted by Gasteiger charge is 2.26. The molecule has 0 bridgehead atoms. The Morgan fingerprint density at radius 1 is 1.39 bits per heavy atom. The number of hydrogen-bond acceptors (Lipinski definition) is 3. The molecule has 1 fully saturated rings. The smallest absolute Gasteiger partial charge is 0.240 e. The molecule has 4 nitrogen and oxygen atoms in total. The minimum atomic E-state index is -3.50. The number of halogens is 1. The van der Waals surface area contributed by atoms with Gasteiger partial charge in [0, 0.05) is 17.7 Å². The molecule has 18 heavy (non-hydrogen) atoms. The van der Waals surface area contributed by atoms with Crippen molar-refractivity contribution in [3.63, 3.8) is 0 Å². The van der Waals surface area contributed by atoms with Crippen LogP contribution in [0.25, 0.3) is 0 Å². The van der Waals surface area contributed by atoms with Crippen molar-refractivity contribution in [2.45, 2.75) is 36.8 Å². The van der Waals surface area contributed by atoms with E-state index in [1.54, 1.807) is 12.1 Å². The van der Waals surface area contributed by atoms with Crippen molar-refractivity contribution in [2.24, 2.45) is 0 Å². The third-order valence-corrected chi connectivity index (χ3v) is 4.81. The molecule has 2 atom stereocenters. The van der Waals surface area contributed by atoms with E-state index in [1.807, 2.05) is 6.92 Å². The third-order valence-electron chi connectivity index (χ3n) is 2.99. The van der Waals surface area contributed by atoms with Crippen LogP contribution in [-0.2, 0) is 14.8 Å². The van der Waals surface area contributed by atoms with E-state index in [4.69, 9.17) is 16.3 Å². The SMILES string of the molecule is C[C@H](NS(=O)(=O)c1ccc(Cl)cc1)[C@H]1CCCO1. The van der Waals surface area contributed by atoms with Crippen LogP contribution >= 0.6 is 11.6 Å². The first-order chi connectivity index (χ1) is 8.49. The predicted octanol–water partition coefficient (Wildman–Crippen LogP) is 2.19. The Kier molecular flexibility index (Phi) is 4.27. The lowest BCUT2D eigenvalue weighted by Gasteiger charge is -2.19. The topological polar surface area (TPSA) is 55.4 Å². The van der Waals surface area contributed by atoms with E-state index in [1.165, 1.54) is 12.1 Å². The van der Waals surface area contributed by atoms with Crippen molar-refractivity contribution in [1.82, 2.24) is 4.72 Å². The van der Waals surface area contributed by atoms with E-state index in [-0.39, 0.29) is 17.0 Å². The first kappa shape index (κ1) is 13.8. The molecule has 1 aromatic carbocycles. The average molecular weight is 290 g/mol. The van der Waals surface area contributed by atoms with Gasteiger partial charge in [0.25, 0.3) is 0 Å². The molecule has 0 aromatic heterocycles. The first-order valence-corrected chi connectivity index (χ1v) is 7.75. The molecule has 1 aliphatic rings. The summed E-state index contributed by atoms with van der Waals surface area (Å²) in [5.74, 6) is 0. The van der Waals surface area contributed by atoms with Crippen molar-refractivity contribution in [1.29, 1.82) is 0 Å². The highest BCUT2D eigenvalue weighted by Crippen LogP contribution is 2.18. The maximum Gasteiger partial charge on any atom is 0.240 e. The van der Waals surface area contributed by atoms with Gasteiger partial charge in [-0.15, -0.1) is 0 Å². The zero-order chi connectivity index (χ0) is 13.2. The van der Waals surface area contributed by atoms with E-state index >= 15 is 0 Å². The molecular weight excluding hydrogens is 274 g/mol. The van der Waals surface area contributed by atoms with E-state index in [2.05, 4.69) is 4.72 Å². The summed E-state index contributed by atoms with van der Waals surface area (Å²) in [4.78, 5) is 0.219. The van der Waals surface area contributed by atoms with Crippen LogP contribution in [0, 0.1) is 0 Å². The summed E-state index contributed by atoms with van der Waals surface area (Å²) in [6, 6.07) is 5.88. The van der Waals surface area contributed by atoms with Crippen LogP contribution in [0.4, 0.5) is 0 Å². The molecule has 1 saturated heterocycles. The van der Waals surface area contributed by atoms with Gasteiger partial charge in [-0.25, -0.2) is 13.1 Å². The van der Waals surface area contributed by atoms with E-state index < -0.39 is 10.0 Å². The van der Waals surface area contributed by atoms with Crippen molar-refractivity contribution < 1.29 is 13.2 Å². The zero-order valence-corrected chi connectivity index (χ0v) is 11.7. The average Bonchev–Trinajstić information content (AvgIpc) is 2.82. The van der Waals surface area contributed by atoms with Gasteiger partial charge in [-0.1, -0.05) is 11.6 Å². The fourth-order valence-electron chi connectivity index (χ4n) is 2.00. The lowest BCUT2D eigenvalue weighted by molar-refractivity contribution is 0.0902. The van der Waals surface area contributed by atoms with Gasteiger partial charge in [0.05, 0.1) is 11.0 Å². The van der Waals surface area contributed by atoms with Crippen molar-refractivity contribution in [2.75, 3.05) is 6.61 Å². The summed E-state index contributed by atoms with van der Waals surface area (Å²) in [6.45, 7) is 2.53. The summed E-state index contributed by atoms with van der Waals surface area (Å²) >= 11 is 5.74. The molecule has 0 amide bonds. The summed E-state index contributed by atoms with van der Waals surface area (Å²) < 4.78 is 32.3. The van der Waals surface area contributed by atoms with Crippen LogP contribution in [0.5, 0.6) is 0 Å².